The van der Waals surface area contributed by atoms with Gasteiger partial charge in [-0.25, -0.2) is 14.5 Å². The molecule has 3 aromatic rings. The number of aliphatic imine (C=N–C) groups is 1. The summed E-state index contributed by atoms with van der Waals surface area (Å²) >= 11 is 1.70. The van der Waals surface area contributed by atoms with Crippen molar-refractivity contribution in [2.45, 2.75) is 29.6 Å². The highest BCUT2D eigenvalue weighted by molar-refractivity contribution is 7.99. The summed E-state index contributed by atoms with van der Waals surface area (Å²) in [5.74, 6) is 2.12. The van der Waals surface area contributed by atoms with Crippen molar-refractivity contribution in [3.63, 3.8) is 0 Å². The number of nitrogens with zero attached hydrogens (tertiary/aromatic N) is 5. The van der Waals surface area contributed by atoms with E-state index in [0.29, 0.717) is 17.3 Å². The maximum Gasteiger partial charge on any atom is 0.166 e. The first kappa shape index (κ1) is 22.9. The average Bonchev–Trinajstić information content (AvgIpc) is 3.38. The molecule has 3 heterocycles. The molecule has 9 nitrogen and oxygen atoms in total. The van der Waals surface area contributed by atoms with Crippen LogP contribution in [0.5, 0.6) is 5.75 Å². The highest BCUT2D eigenvalue weighted by Crippen LogP contribution is 2.41. The number of nitrogens with two attached hydrogens (primary N) is 1. The van der Waals surface area contributed by atoms with Crippen LogP contribution in [0.25, 0.3) is 0 Å². The lowest BCUT2D eigenvalue weighted by Gasteiger charge is -2.31. The number of unbranched alkanes of at least 4 members (excludes halogenated alkanes) is 1. The lowest BCUT2D eigenvalue weighted by Crippen LogP contribution is -2.37. The van der Waals surface area contributed by atoms with Gasteiger partial charge in [-0.05, 0) is 65.4 Å². The van der Waals surface area contributed by atoms with Crippen LogP contribution in [0.1, 0.15) is 30.8 Å². The van der Waals surface area contributed by atoms with Gasteiger partial charge in [0.25, 0.3) is 0 Å². The molecule has 172 valence electrons. The zero-order valence-corrected chi connectivity index (χ0v) is 18.9. The third kappa shape index (κ3) is 5.20. The molecule has 0 saturated carbocycles. The van der Waals surface area contributed by atoms with Crippen molar-refractivity contribution < 1.29 is 13.9 Å². The molecule has 0 fully saturated rings. The van der Waals surface area contributed by atoms with Crippen molar-refractivity contribution in [2.24, 2.45) is 10.7 Å². The molecule has 1 aliphatic rings. The van der Waals surface area contributed by atoms with Crippen molar-refractivity contribution >= 4 is 18.0 Å². The maximum absolute atomic E-state index is 13.3. The number of nitrogens with one attached hydrogen (secondary N) is 1. The van der Waals surface area contributed by atoms with E-state index in [2.05, 4.69) is 25.6 Å². The molecular weight excluding hydrogens is 445 g/mol. The fourth-order valence-corrected chi connectivity index (χ4v) is 4.61. The van der Waals surface area contributed by atoms with Crippen molar-refractivity contribution in [3.05, 3.63) is 71.5 Å². The van der Waals surface area contributed by atoms with Crippen LogP contribution < -0.4 is 10.5 Å². The molecule has 1 aromatic carbocycles. The van der Waals surface area contributed by atoms with E-state index in [1.54, 1.807) is 31.3 Å². The number of aromatic nitrogens is 5. The van der Waals surface area contributed by atoms with Gasteiger partial charge in [-0.3, -0.25) is 4.98 Å². The summed E-state index contributed by atoms with van der Waals surface area (Å²) in [4.78, 5) is 10.1. The number of halogens is 1. The number of ether oxygens (including phenoxy) is 2. The number of H-pyrrole nitrogens is 1. The highest BCUT2D eigenvalue weighted by atomic mass is 32.2. The van der Waals surface area contributed by atoms with E-state index in [0.717, 1.165) is 35.8 Å². The van der Waals surface area contributed by atoms with E-state index >= 15 is 0 Å². The third-order valence-electron chi connectivity index (χ3n) is 5.17. The van der Waals surface area contributed by atoms with Gasteiger partial charge >= 0.3 is 0 Å². The predicted molar refractivity (Wildman–Crippen MR) is 122 cm³/mol. The zero-order valence-electron chi connectivity index (χ0n) is 18.1. The molecule has 0 bridgehead atoms. The van der Waals surface area contributed by atoms with Crippen molar-refractivity contribution in [3.8, 4) is 5.75 Å². The first-order valence-electron chi connectivity index (χ1n) is 10.4. The minimum Gasteiger partial charge on any atom is -0.458 e. The Balaban J connectivity index is 1.66. The second-order valence-corrected chi connectivity index (χ2v) is 8.56. The van der Waals surface area contributed by atoms with Crippen LogP contribution >= 0.6 is 11.8 Å². The van der Waals surface area contributed by atoms with Crippen LogP contribution in [0.15, 0.2) is 64.1 Å². The molecule has 33 heavy (non-hydrogen) atoms. The number of benzene rings is 1. The Morgan fingerprint density at radius 3 is 2.82 bits per heavy atom. The normalized spacial score (nSPS) is 18.0. The Hall–Kier alpha value is -3.31. The van der Waals surface area contributed by atoms with Gasteiger partial charge in [0, 0.05) is 37.4 Å². The van der Waals surface area contributed by atoms with Gasteiger partial charge in [-0.2, -0.15) is 0 Å². The number of aromatic amines is 1. The monoisotopic (exact) mass is 469 g/mol. The summed E-state index contributed by atoms with van der Waals surface area (Å²) in [5.41, 5.74) is 5.99. The number of rotatable bonds is 10. The number of methoxy groups -OCH3 is 1. The Labute approximate surface area is 194 Å². The van der Waals surface area contributed by atoms with Gasteiger partial charge in [0.05, 0.1) is 5.69 Å². The minimum atomic E-state index is -0.919. The van der Waals surface area contributed by atoms with Crippen molar-refractivity contribution in [1.29, 1.82) is 0 Å². The summed E-state index contributed by atoms with van der Waals surface area (Å²) in [6.45, 7) is 0.731. The Morgan fingerprint density at radius 1 is 1.21 bits per heavy atom. The smallest absolute Gasteiger partial charge is 0.166 e. The summed E-state index contributed by atoms with van der Waals surface area (Å²) in [5, 5.41) is 14.6. The molecule has 1 aliphatic heterocycles. The molecule has 3 N–H and O–H groups in total. The molecule has 0 spiro atoms. The van der Waals surface area contributed by atoms with E-state index in [9.17, 15) is 4.39 Å². The summed E-state index contributed by atoms with van der Waals surface area (Å²) in [6.07, 6.45) is 5.70. The van der Waals surface area contributed by atoms with Crippen LogP contribution in [0.2, 0.25) is 0 Å². The van der Waals surface area contributed by atoms with E-state index in [1.165, 1.54) is 24.3 Å². The van der Waals surface area contributed by atoms with Crippen molar-refractivity contribution in [1.82, 2.24) is 25.6 Å². The number of allylic oxidation sites excluding steroid dienone is 1. The summed E-state index contributed by atoms with van der Waals surface area (Å²) in [7, 11) is 1.70. The van der Waals surface area contributed by atoms with Gasteiger partial charge in [0.15, 0.2) is 11.6 Å². The fraction of sp³-hybridized carbons (Fsp3) is 0.318. The third-order valence-corrected chi connectivity index (χ3v) is 6.30. The van der Waals surface area contributed by atoms with Gasteiger partial charge in [0.2, 0.25) is 0 Å². The second-order valence-electron chi connectivity index (χ2n) is 7.42. The maximum atomic E-state index is 13.3. The van der Waals surface area contributed by atoms with Crippen LogP contribution in [-0.2, 0) is 10.2 Å². The number of pyridine rings is 1. The molecule has 0 radical (unpaired) electrons. The number of thioether (sulfide) groups is 1. The molecule has 0 saturated heterocycles. The molecule has 0 amide bonds. The standard InChI is InChI=1S/C22H24FN7O2S/c1-31-11-2-3-12-33-18-5-4-10-25-19(18)22(21-27-29-30-28-21)13-17(20(24)26-14-22)32-16-8-6-15(23)7-9-16/h4-10,14H,2-3,11-13,24H2,1H3,(H,27,28,29,30). The largest absolute Gasteiger partial charge is 0.458 e. The summed E-state index contributed by atoms with van der Waals surface area (Å²) < 4.78 is 24.5. The fourth-order valence-electron chi connectivity index (χ4n) is 3.50. The highest BCUT2D eigenvalue weighted by Gasteiger charge is 2.44. The number of hydrogen-bond donors (Lipinski definition) is 2. The Morgan fingerprint density at radius 2 is 2.06 bits per heavy atom. The lowest BCUT2D eigenvalue weighted by atomic mass is 9.79. The van der Waals surface area contributed by atoms with Crippen LogP contribution in [0, 0.1) is 5.82 Å². The van der Waals surface area contributed by atoms with Gasteiger partial charge in [0.1, 0.15) is 22.7 Å². The van der Waals surface area contributed by atoms with Crippen molar-refractivity contribution in [2.75, 3.05) is 19.5 Å². The number of tetrazole rings is 1. The topological polar surface area (TPSA) is 124 Å². The predicted octanol–water partition coefficient (Wildman–Crippen LogP) is 3.22. The van der Waals surface area contributed by atoms with Crippen LogP contribution in [-0.4, -0.2) is 51.3 Å². The van der Waals surface area contributed by atoms with E-state index in [-0.39, 0.29) is 18.1 Å². The first-order valence-corrected chi connectivity index (χ1v) is 11.4. The van der Waals surface area contributed by atoms with Gasteiger partial charge in [-0.1, -0.05) is 0 Å². The van der Waals surface area contributed by atoms with Crippen LogP contribution in [0.4, 0.5) is 4.39 Å². The lowest BCUT2D eigenvalue weighted by molar-refractivity contribution is 0.194. The first-order chi connectivity index (χ1) is 16.1. The SMILES string of the molecule is COCCCCSc1cccnc1C1(c2nnn[nH]2)C=NC(N)=C(Oc2ccc(F)cc2)C1. The quantitative estimate of drug-likeness (QED) is 0.343. The molecule has 2 aromatic heterocycles. The average molecular weight is 470 g/mol. The Kier molecular flexibility index (Phi) is 7.30. The zero-order chi connectivity index (χ0) is 23.1. The van der Waals surface area contributed by atoms with E-state index in [1.807, 2.05) is 12.1 Å². The molecule has 1 unspecified atom stereocenters. The number of hydrogen-bond acceptors (Lipinski definition) is 9. The van der Waals surface area contributed by atoms with Gasteiger partial charge < -0.3 is 15.2 Å². The molecular formula is C22H24FN7O2S. The molecule has 4 rings (SSSR count). The van der Waals surface area contributed by atoms with E-state index < -0.39 is 5.41 Å². The van der Waals surface area contributed by atoms with E-state index in [4.69, 9.17) is 20.2 Å². The van der Waals surface area contributed by atoms with Crippen LogP contribution in [0.3, 0.4) is 0 Å². The van der Waals surface area contributed by atoms with Gasteiger partial charge in [-0.15, -0.1) is 16.9 Å². The Bertz CT molecular complexity index is 1120. The molecule has 1 atom stereocenters. The molecule has 0 aliphatic carbocycles. The minimum absolute atomic E-state index is 0.229. The second kappa shape index (κ2) is 10.5. The molecule has 11 heteroatoms. The summed E-state index contributed by atoms with van der Waals surface area (Å²) in [6, 6.07) is 9.63.